The number of primary amides is 1. The third-order valence-corrected chi connectivity index (χ3v) is 3.45. The zero-order valence-electron chi connectivity index (χ0n) is 11.2. The van der Waals surface area contributed by atoms with Crippen LogP contribution in [0.15, 0.2) is 0 Å². The van der Waals surface area contributed by atoms with Gasteiger partial charge in [0.1, 0.15) is 6.04 Å². The maximum Gasteiger partial charge on any atom is 0.240 e. The lowest BCUT2D eigenvalue weighted by Gasteiger charge is -2.26. The summed E-state index contributed by atoms with van der Waals surface area (Å²) in [6.07, 6.45) is 1.74. The van der Waals surface area contributed by atoms with Gasteiger partial charge < -0.3 is 16.4 Å². The van der Waals surface area contributed by atoms with Crippen molar-refractivity contribution >= 4 is 17.4 Å². The molecule has 0 aliphatic carbocycles. The zero-order valence-corrected chi connectivity index (χ0v) is 11.2. The minimum atomic E-state index is -0.291. The Morgan fingerprint density at radius 1 is 1.50 bits per heavy atom. The lowest BCUT2D eigenvalue weighted by Crippen LogP contribution is -2.41. The van der Waals surface area contributed by atoms with Gasteiger partial charge >= 0.3 is 0 Å². The van der Waals surface area contributed by atoms with Gasteiger partial charge in [0.25, 0.3) is 0 Å². The van der Waals surface area contributed by atoms with E-state index >= 15 is 0 Å². The molecule has 2 rings (SSSR count). The third kappa shape index (κ3) is 1.91. The molecule has 6 nitrogen and oxygen atoms in total. The van der Waals surface area contributed by atoms with Crippen molar-refractivity contribution in [3.8, 4) is 0 Å². The van der Waals surface area contributed by atoms with Crippen molar-refractivity contribution in [2.24, 2.45) is 5.73 Å². The van der Waals surface area contributed by atoms with Gasteiger partial charge in [-0.05, 0) is 33.6 Å². The van der Waals surface area contributed by atoms with Crippen LogP contribution in [0, 0.1) is 6.92 Å². The van der Waals surface area contributed by atoms with Crippen LogP contribution in [0.2, 0.25) is 0 Å². The quantitative estimate of drug-likeness (QED) is 0.831. The molecule has 0 bridgehead atoms. The predicted molar refractivity (Wildman–Crippen MR) is 71.3 cm³/mol. The molecule has 0 saturated carbocycles. The van der Waals surface area contributed by atoms with Crippen LogP contribution in [0.3, 0.4) is 0 Å². The van der Waals surface area contributed by atoms with E-state index in [0.717, 1.165) is 30.9 Å². The molecule has 1 atom stereocenters. The van der Waals surface area contributed by atoms with Gasteiger partial charge in [-0.3, -0.25) is 4.79 Å². The first-order valence-electron chi connectivity index (χ1n) is 6.34. The number of amides is 1. The first kappa shape index (κ1) is 12.7. The lowest BCUT2D eigenvalue weighted by molar-refractivity contribution is -0.119. The smallest absolute Gasteiger partial charge is 0.240 e. The summed E-state index contributed by atoms with van der Waals surface area (Å²) in [4.78, 5) is 13.5. The summed E-state index contributed by atoms with van der Waals surface area (Å²) in [7, 11) is 0. The second kappa shape index (κ2) is 4.51. The van der Waals surface area contributed by atoms with Crippen molar-refractivity contribution in [2.45, 2.75) is 45.7 Å². The van der Waals surface area contributed by atoms with E-state index in [2.05, 4.69) is 5.10 Å². The number of anilines is 2. The number of carbonyl (C=O) groups excluding carboxylic acids is 1. The standard InChI is InChI=1S/C12H21N5O/c1-7(2)17-12(10(13)8(3)15-17)16-6-4-5-9(16)11(14)18/h7,9H,4-6,13H2,1-3H3,(H2,14,18). The summed E-state index contributed by atoms with van der Waals surface area (Å²) >= 11 is 0. The Hall–Kier alpha value is -1.72. The van der Waals surface area contributed by atoms with E-state index in [1.54, 1.807) is 0 Å². The van der Waals surface area contributed by atoms with Crippen LogP contribution in [0.5, 0.6) is 0 Å². The van der Waals surface area contributed by atoms with Crippen LogP contribution in [0.4, 0.5) is 11.5 Å². The fourth-order valence-corrected chi connectivity index (χ4v) is 2.51. The number of nitrogen functional groups attached to an aromatic ring is 1. The van der Waals surface area contributed by atoms with Crippen LogP contribution in [-0.2, 0) is 4.79 Å². The fraction of sp³-hybridized carbons (Fsp3) is 0.667. The Morgan fingerprint density at radius 2 is 2.17 bits per heavy atom. The van der Waals surface area contributed by atoms with Gasteiger partial charge in [-0.1, -0.05) is 0 Å². The monoisotopic (exact) mass is 251 g/mol. The van der Waals surface area contributed by atoms with E-state index in [4.69, 9.17) is 11.5 Å². The highest BCUT2D eigenvalue weighted by molar-refractivity contribution is 5.85. The van der Waals surface area contributed by atoms with Crippen molar-refractivity contribution < 1.29 is 4.79 Å². The highest BCUT2D eigenvalue weighted by atomic mass is 16.1. The van der Waals surface area contributed by atoms with E-state index in [9.17, 15) is 4.79 Å². The average Bonchev–Trinajstić information content (AvgIpc) is 2.85. The van der Waals surface area contributed by atoms with Crippen molar-refractivity contribution in [3.05, 3.63) is 5.69 Å². The lowest BCUT2D eigenvalue weighted by atomic mass is 10.2. The number of hydrogen-bond donors (Lipinski definition) is 2. The Bertz CT molecular complexity index is 465. The second-order valence-corrected chi connectivity index (χ2v) is 5.11. The average molecular weight is 251 g/mol. The molecule has 100 valence electrons. The molecular weight excluding hydrogens is 230 g/mol. The van der Waals surface area contributed by atoms with E-state index < -0.39 is 0 Å². The number of rotatable bonds is 3. The molecule has 18 heavy (non-hydrogen) atoms. The first-order valence-corrected chi connectivity index (χ1v) is 6.34. The fourth-order valence-electron chi connectivity index (χ4n) is 2.51. The number of aryl methyl sites for hydroxylation is 1. The van der Waals surface area contributed by atoms with Crippen molar-refractivity contribution in [2.75, 3.05) is 17.2 Å². The molecule has 2 heterocycles. The largest absolute Gasteiger partial charge is 0.394 e. The molecule has 1 amide bonds. The van der Waals surface area contributed by atoms with Gasteiger partial charge in [0, 0.05) is 12.6 Å². The molecule has 6 heteroatoms. The molecule has 1 aliphatic heterocycles. The Labute approximate surface area is 107 Å². The normalized spacial score (nSPS) is 19.8. The molecule has 0 spiro atoms. The van der Waals surface area contributed by atoms with Gasteiger partial charge in [0.05, 0.1) is 11.4 Å². The molecule has 0 radical (unpaired) electrons. The minimum Gasteiger partial charge on any atom is -0.394 e. The van der Waals surface area contributed by atoms with E-state index in [1.807, 2.05) is 30.4 Å². The van der Waals surface area contributed by atoms with Crippen molar-refractivity contribution in [1.29, 1.82) is 0 Å². The van der Waals surface area contributed by atoms with Gasteiger partial charge in [0.15, 0.2) is 5.82 Å². The molecule has 1 saturated heterocycles. The Balaban J connectivity index is 2.46. The van der Waals surface area contributed by atoms with Crippen molar-refractivity contribution in [3.63, 3.8) is 0 Å². The van der Waals surface area contributed by atoms with Gasteiger partial charge in [0.2, 0.25) is 5.91 Å². The number of carbonyl (C=O) groups is 1. The van der Waals surface area contributed by atoms with Crippen LogP contribution >= 0.6 is 0 Å². The molecule has 0 aromatic carbocycles. The van der Waals surface area contributed by atoms with Crippen LogP contribution in [0.25, 0.3) is 0 Å². The molecule has 1 aliphatic rings. The first-order chi connectivity index (χ1) is 8.43. The van der Waals surface area contributed by atoms with Crippen LogP contribution in [-0.4, -0.2) is 28.3 Å². The van der Waals surface area contributed by atoms with E-state index in [1.165, 1.54) is 0 Å². The summed E-state index contributed by atoms with van der Waals surface area (Å²) in [5.41, 5.74) is 13.0. The summed E-state index contributed by atoms with van der Waals surface area (Å²) in [5.74, 6) is 0.546. The Kier molecular flexibility index (Phi) is 3.19. The van der Waals surface area contributed by atoms with E-state index in [0.29, 0.717) is 5.69 Å². The summed E-state index contributed by atoms with van der Waals surface area (Å²) in [6.45, 7) is 6.78. The molecule has 1 unspecified atom stereocenters. The van der Waals surface area contributed by atoms with E-state index in [-0.39, 0.29) is 18.0 Å². The summed E-state index contributed by atoms with van der Waals surface area (Å²) in [6, 6.07) is -0.0639. The zero-order chi connectivity index (χ0) is 13.4. The summed E-state index contributed by atoms with van der Waals surface area (Å²) < 4.78 is 1.88. The maximum atomic E-state index is 11.5. The highest BCUT2D eigenvalue weighted by Gasteiger charge is 2.33. The third-order valence-electron chi connectivity index (χ3n) is 3.45. The second-order valence-electron chi connectivity index (χ2n) is 5.11. The molecular formula is C12H21N5O. The number of nitrogens with two attached hydrogens (primary N) is 2. The molecule has 1 fully saturated rings. The van der Waals surface area contributed by atoms with Gasteiger partial charge in [-0.15, -0.1) is 0 Å². The highest BCUT2D eigenvalue weighted by Crippen LogP contribution is 2.34. The minimum absolute atomic E-state index is 0.199. The molecule has 4 N–H and O–H groups in total. The van der Waals surface area contributed by atoms with Gasteiger partial charge in [-0.2, -0.15) is 5.10 Å². The SMILES string of the molecule is Cc1nn(C(C)C)c(N2CCCC2C(N)=O)c1N. The number of aromatic nitrogens is 2. The number of hydrogen-bond acceptors (Lipinski definition) is 4. The van der Waals surface area contributed by atoms with Crippen LogP contribution < -0.4 is 16.4 Å². The predicted octanol–water partition coefficient (Wildman–Crippen LogP) is 0.809. The van der Waals surface area contributed by atoms with Gasteiger partial charge in [-0.25, -0.2) is 4.68 Å². The van der Waals surface area contributed by atoms with Crippen LogP contribution in [0.1, 0.15) is 38.4 Å². The number of nitrogens with zero attached hydrogens (tertiary/aromatic N) is 3. The molecule has 1 aromatic heterocycles. The Morgan fingerprint density at radius 3 is 2.72 bits per heavy atom. The molecule has 1 aromatic rings. The summed E-state index contributed by atoms with van der Waals surface area (Å²) in [5, 5.41) is 4.45. The topological polar surface area (TPSA) is 90.2 Å². The maximum absolute atomic E-state index is 11.5. The van der Waals surface area contributed by atoms with Crippen molar-refractivity contribution in [1.82, 2.24) is 9.78 Å².